The summed E-state index contributed by atoms with van der Waals surface area (Å²) in [6.45, 7) is 6.22. The Morgan fingerprint density at radius 1 is 1.61 bits per heavy atom. The molecule has 0 amide bonds. The van der Waals surface area contributed by atoms with E-state index in [9.17, 15) is 10.1 Å². The maximum absolute atomic E-state index is 11.5. The van der Waals surface area contributed by atoms with Crippen LogP contribution in [-0.4, -0.2) is 12.6 Å². The van der Waals surface area contributed by atoms with Crippen LogP contribution in [0.1, 0.15) is 38.5 Å². The van der Waals surface area contributed by atoms with Gasteiger partial charge in [-0.15, -0.1) is 11.3 Å². The van der Waals surface area contributed by atoms with Gasteiger partial charge in [-0.25, -0.2) is 0 Å². The smallest absolute Gasteiger partial charge is 0.305 e. The Labute approximate surface area is 112 Å². The summed E-state index contributed by atoms with van der Waals surface area (Å²) >= 11 is 1.57. The maximum Gasteiger partial charge on any atom is 0.305 e. The van der Waals surface area contributed by atoms with Gasteiger partial charge >= 0.3 is 5.97 Å². The third-order valence-electron chi connectivity index (χ3n) is 3.17. The molecule has 1 aromatic heterocycles. The van der Waals surface area contributed by atoms with Gasteiger partial charge in [0.05, 0.1) is 18.1 Å². The van der Waals surface area contributed by atoms with Crippen molar-refractivity contribution in [3.05, 3.63) is 22.4 Å². The molecule has 1 aromatic rings. The van der Waals surface area contributed by atoms with Crippen molar-refractivity contribution in [3.8, 4) is 6.07 Å². The number of hydrogen-bond donors (Lipinski definition) is 0. The second kappa shape index (κ2) is 6.55. The van der Waals surface area contributed by atoms with Gasteiger partial charge in [-0.2, -0.15) is 5.26 Å². The molecule has 0 aromatic carbocycles. The SMILES string of the molecule is CCOC(=O)CCC(C#N)(c1cccs1)C(C)C. The molecule has 98 valence electrons. The number of esters is 1. The molecular weight excluding hydrogens is 246 g/mol. The third kappa shape index (κ3) is 3.11. The van der Waals surface area contributed by atoms with Crippen LogP contribution in [0.5, 0.6) is 0 Å². The third-order valence-corrected chi connectivity index (χ3v) is 4.22. The lowest BCUT2D eigenvalue weighted by molar-refractivity contribution is -0.143. The van der Waals surface area contributed by atoms with Gasteiger partial charge < -0.3 is 4.74 Å². The number of nitriles is 1. The second-order valence-electron chi connectivity index (χ2n) is 4.52. The Morgan fingerprint density at radius 2 is 2.33 bits per heavy atom. The van der Waals surface area contributed by atoms with Crippen molar-refractivity contribution < 1.29 is 9.53 Å². The van der Waals surface area contributed by atoms with E-state index in [0.29, 0.717) is 13.0 Å². The minimum Gasteiger partial charge on any atom is -0.466 e. The lowest BCUT2D eigenvalue weighted by Crippen LogP contribution is -2.30. The molecule has 1 unspecified atom stereocenters. The molecule has 0 radical (unpaired) electrons. The predicted octanol–water partition coefficient (Wildman–Crippen LogP) is 3.51. The van der Waals surface area contributed by atoms with Gasteiger partial charge in [0, 0.05) is 11.3 Å². The van der Waals surface area contributed by atoms with Crippen molar-refractivity contribution in [2.45, 2.75) is 39.0 Å². The molecule has 0 aliphatic rings. The molecule has 1 rings (SSSR count). The summed E-state index contributed by atoms with van der Waals surface area (Å²) in [4.78, 5) is 12.5. The quantitative estimate of drug-likeness (QED) is 0.740. The Balaban J connectivity index is 2.87. The molecule has 0 bridgehead atoms. The molecule has 3 nitrogen and oxygen atoms in total. The van der Waals surface area contributed by atoms with Gasteiger partial charge in [0.2, 0.25) is 0 Å². The highest BCUT2D eigenvalue weighted by Crippen LogP contribution is 2.39. The molecule has 0 N–H and O–H groups in total. The van der Waals surface area contributed by atoms with E-state index < -0.39 is 5.41 Å². The summed E-state index contributed by atoms with van der Waals surface area (Å²) < 4.78 is 4.93. The number of thiophene rings is 1. The van der Waals surface area contributed by atoms with Crippen LogP contribution in [0, 0.1) is 17.2 Å². The van der Waals surface area contributed by atoms with Gasteiger partial charge in [0.25, 0.3) is 0 Å². The second-order valence-corrected chi connectivity index (χ2v) is 5.47. The van der Waals surface area contributed by atoms with Crippen molar-refractivity contribution in [3.63, 3.8) is 0 Å². The Bertz CT molecular complexity index is 420. The molecule has 4 heteroatoms. The van der Waals surface area contributed by atoms with E-state index in [1.807, 2.05) is 31.4 Å². The first-order chi connectivity index (χ1) is 8.56. The first-order valence-corrected chi connectivity index (χ1v) is 7.05. The van der Waals surface area contributed by atoms with Crippen LogP contribution in [-0.2, 0) is 14.9 Å². The van der Waals surface area contributed by atoms with Crippen LogP contribution in [0.3, 0.4) is 0 Å². The van der Waals surface area contributed by atoms with Gasteiger partial charge in [0.15, 0.2) is 0 Å². The molecule has 0 saturated carbocycles. The minimum absolute atomic E-state index is 0.163. The van der Waals surface area contributed by atoms with Gasteiger partial charge in [-0.1, -0.05) is 19.9 Å². The van der Waals surface area contributed by atoms with Gasteiger partial charge in [-0.3, -0.25) is 4.79 Å². The molecule has 0 aliphatic carbocycles. The topological polar surface area (TPSA) is 50.1 Å². The zero-order chi connectivity index (χ0) is 13.6. The van der Waals surface area contributed by atoms with Crippen molar-refractivity contribution in [1.82, 2.24) is 0 Å². The number of rotatable bonds is 6. The van der Waals surface area contributed by atoms with Crippen LogP contribution in [0.25, 0.3) is 0 Å². The molecule has 0 spiro atoms. The number of ether oxygens (including phenoxy) is 1. The average molecular weight is 265 g/mol. The van der Waals surface area contributed by atoms with Crippen LogP contribution in [0.4, 0.5) is 0 Å². The minimum atomic E-state index is -0.582. The standard InChI is InChI=1S/C14H19NO2S/c1-4-17-13(16)7-8-14(10-15,11(2)3)12-6-5-9-18-12/h5-6,9,11H,4,7-8H2,1-3H3. The Morgan fingerprint density at radius 3 is 2.78 bits per heavy atom. The molecular formula is C14H19NO2S. The van der Waals surface area contributed by atoms with Crippen LogP contribution in [0.2, 0.25) is 0 Å². The molecule has 1 atom stereocenters. The normalized spacial score (nSPS) is 13.9. The van der Waals surface area contributed by atoms with Gasteiger partial charge in [-0.05, 0) is 30.7 Å². The lowest BCUT2D eigenvalue weighted by atomic mass is 9.74. The summed E-state index contributed by atoms with van der Waals surface area (Å²) in [5, 5.41) is 11.5. The van der Waals surface area contributed by atoms with E-state index >= 15 is 0 Å². The van der Waals surface area contributed by atoms with Crippen molar-refractivity contribution in [1.29, 1.82) is 5.26 Å². The van der Waals surface area contributed by atoms with E-state index in [-0.39, 0.29) is 18.3 Å². The van der Waals surface area contributed by atoms with Crippen LogP contribution >= 0.6 is 11.3 Å². The fourth-order valence-electron chi connectivity index (χ4n) is 2.00. The van der Waals surface area contributed by atoms with Crippen LogP contribution in [0.15, 0.2) is 17.5 Å². The lowest BCUT2D eigenvalue weighted by Gasteiger charge is -2.29. The van der Waals surface area contributed by atoms with Gasteiger partial charge in [0.1, 0.15) is 0 Å². The largest absolute Gasteiger partial charge is 0.466 e. The molecule has 18 heavy (non-hydrogen) atoms. The fourth-order valence-corrected chi connectivity index (χ4v) is 3.06. The van der Waals surface area contributed by atoms with E-state index in [1.54, 1.807) is 18.3 Å². The van der Waals surface area contributed by atoms with Crippen molar-refractivity contribution >= 4 is 17.3 Å². The number of carbonyl (C=O) groups is 1. The summed E-state index contributed by atoms with van der Waals surface area (Å²) in [5.41, 5.74) is -0.582. The number of carbonyl (C=O) groups excluding carboxylic acids is 1. The first-order valence-electron chi connectivity index (χ1n) is 6.17. The molecule has 0 aliphatic heterocycles. The molecule has 0 saturated heterocycles. The first kappa shape index (κ1) is 14.7. The summed E-state index contributed by atoms with van der Waals surface area (Å²) in [6.07, 6.45) is 0.804. The highest BCUT2D eigenvalue weighted by molar-refractivity contribution is 7.10. The predicted molar refractivity (Wildman–Crippen MR) is 72.3 cm³/mol. The van der Waals surface area contributed by atoms with E-state index in [1.165, 1.54) is 0 Å². The Kier molecular flexibility index (Phi) is 5.36. The number of nitrogens with zero attached hydrogens (tertiary/aromatic N) is 1. The fraction of sp³-hybridized carbons (Fsp3) is 0.571. The van der Waals surface area contributed by atoms with Crippen molar-refractivity contribution in [2.75, 3.05) is 6.61 Å². The van der Waals surface area contributed by atoms with E-state index in [4.69, 9.17) is 4.74 Å². The molecule has 0 fully saturated rings. The van der Waals surface area contributed by atoms with E-state index in [2.05, 4.69) is 6.07 Å². The molecule has 1 heterocycles. The summed E-state index contributed by atoms with van der Waals surface area (Å²) in [5.74, 6) is -0.0649. The zero-order valence-electron chi connectivity index (χ0n) is 11.1. The van der Waals surface area contributed by atoms with E-state index in [0.717, 1.165) is 4.88 Å². The summed E-state index contributed by atoms with van der Waals surface area (Å²) in [7, 11) is 0. The summed E-state index contributed by atoms with van der Waals surface area (Å²) in [6, 6.07) is 6.33. The zero-order valence-corrected chi connectivity index (χ0v) is 11.9. The highest BCUT2D eigenvalue weighted by atomic mass is 32.1. The maximum atomic E-state index is 11.5. The van der Waals surface area contributed by atoms with Crippen LogP contribution < -0.4 is 0 Å². The highest BCUT2D eigenvalue weighted by Gasteiger charge is 2.37. The average Bonchev–Trinajstić information content (AvgIpc) is 2.84. The monoisotopic (exact) mass is 265 g/mol. The Hall–Kier alpha value is -1.34. The number of hydrogen-bond acceptors (Lipinski definition) is 4. The van der Waals surface area contributed by atoms with Crippen molar-refractivity contribution in [2.24, 2.45) is 5.92 Å².